The summed E-state index contributed by atoms with van der Waals surface area (Å²) in [5.74, 6) is -2.00. The second-order valence-electron chi connectivity index (χ2n) is 5.78. The molecular weight excluding hydrogens is 431 g/mol. The lowest BCUT2D eigenvalue weighted by Gasteiger charge is -2.36. The molecule has 1 fully saturated rings. The Labute approximate surface area is 159 Å². The number of amides is 1. The molecule has 7 nitrogen and oxygen atoms in total. The van der Waals surface area contributed by atoms with E-state index in [1.165, 1.54) is 12.1 Å². The molecule has 2 rings (SSSR count). The topological polar surface area (TPSA) is 98.6 Å². The molecule has 1 aromatic carbocycles. The van der Waals surface area contributed by atoms with Gasteiger partial charge in [-0.25, -0.2) is 21.7 Å². The normalized spacial score (nSPS) is 18.9. The van der Waals surface area contributed by atoms with Crippen molar-refractivity contribution in [2.75, 3.05) is 26.2 Å². The van der Waals surface area contributed by atoms with E-state index in [1.807, 2.05) is 0 Å². The Balaban J connectivity index is 2.38. The van der Waals surface area contributed by atoms with Crippen LogP contribution in [0.5, 0.6) is 0 Å². The third kappa shape index (κ3) is 4.55. The van der Waals surface area contributed by atoms with Crippen LogP contribution < -0.4 is 0 Å². The van der Waals surface area contributed by atoms with Gasteiger partial charge in [-0.2, -0.15) is 13.2 Å². The van der Waals surface area contributed by atoms with Crippen LogP contribution in [0.4, 0.5) is 13.2 Å². The van der Waals surface area contributed by atoms with Crippen molar-refractivity contribution in [3.8, 4) is 0 Å². The average Bonchev–Trinajstić information content (AvgIpc) is 2.58. The first kappa shape index (κ1) is 21.9. The van der Waals surface area contributed by atoms with Crippen LogP contribution in [-0.4, -0.2) is 60.1 Å². The van der Waals surface area contributed by atoms with E-state index in [0.717, 1.165) is 10.4 Å². The van der Waals surface area contributed by atoms with Crippen molar-refractivity contribution in [3.63, 3.8) is 0 Å². The van der Waals surface area contributed by atoms with Gasteiger partial charge in [-0.1, -0.05) is 19.1 Å². The van der Waals surface area contributed by atoms with Crippen molar-refractivity contribution < 1.29 is 30.6 Å². The number of alkyl halides is 3. The van der Waals surface area contributed by atoms with E-state index < -0.39 is 35.9 Å². The minimum Gasteiger partial charge on any atom is -0.332 e. The highest BCUT2D eigenvalue weighted by molar-refractivity contribution is 8.14. The maximum Gasteiger partial charge on any atom is 0.471 e. The lowest BCUT2D eigenvalue weighted by Crippen LogP contribution is -2.53. The Hall–Kier alpha value is -1.37. The second-order valence-corrected chi connectivity index (χ2v) is 10.3. The van der Waals surface area contributed by atoms with Gasteiger partial charge in [0.05, 0.1) is 4.90 Å². The molecule has 1 N–H and O–H groups in total. The van der Waals surface area contributed by atoms with Crippen molar-refractivity contribution in [1.82, 2.24) is 9.21 Å². The molecule has 152 valence electrons. The molecule has 0 aliphatic carbocycles. The largest absolute Gasteiger partial charge is 0.471 e. The summed E-state index contributed by atoms with van der Waals surface area (Å²) in [6.45, 7) is 0.365. The number of nitrogens with one attached hydrogen (secondary N) is 1. The SMILES string of the molecule is CCc1cccc(S(=O)(=O)Cl)c1S(=N)(=O)N1CCN(C(=O)C(F)(F)F)CC1. The molecule has 0 aromatic heterocycles. The van der Waals surface area contributed by atoms with Crippen molar-refractivity contribution in [2.45, 2.75) is 29.3 Å². The van der Waals surface area contributed by atoms with E-state index in [-0.39, 0.29) is 37.5 Å². The van der Waals surface area contributed by atoms with Gasteiger partial charge in [-0.3, -0.25) is 4.79 Å². The monoisotopic (exact) mass is 447 g/mol. The van der Waals surface area contributed by atoms with Gasteiger partial charge < -0.3 is 4.90 Å². The average molecular weight is 448 g/mol. The van der Waals surface area contributed by atoms with E-state index in [0.29, 0.717) is 10.5 Å². The summed E-state index contributed by atoms with van der Waals surface area (Å²) in [6, 6.07) is 4.06. The predicted molar refractivity (Wildman–Crippen MR) is 92.2 cm³/mol. The molecule has 1 aliphatic heterocycles. The highest BCUT2D eigenvalue weighted by Crippen LogP contribution is 2.32. The minimum atomic E-state index is -5.01. The molecule has 1 unspecified atom stereocenters. The Bertz CT molecular complexity index is 941. The van der Waals surface area contributed by atoms with E-state index in [9.17, 15) is 30.6 Å². The maximum absolute atomic E-state index is 13.2. The van der Waals surface area contributed by atoms with Gasteiger partial charge in [0.1, 0.15) is 14.8 Å². The van der Waals surface area contributed by atoms with Crippen molar-refractivity contribution in [1.29, 1.82) is 4.78 Å². The zero-order valence-electron chi connectivity index (χ0n) is 14.1. The number of nitrogens with zero attached hydrogens (tertiary/aromatic N) is 2. The van der Waals surface area contributed by atoms with Gasteiger partial charge in [0, 0.05) is 36.9 Å². The standard InChI is InChI=1S/C14H17ClF3N3O4S2/c1-2-10-4-3-5-11(26(15,23)24)12(10)27(19,25)21-8-6-20(7-9-21)13(22)14(16,17)18/h3-5,19H,2,6-9H2,1H3. The highest BCUT2D eigenvalue weighted by atomic mass is 35.7. The lowest BCUT2D eigenvalue weighted by atomic mass is 10.2. The Morgan fingerprint density at radius 2 is 1.74 bits per heavy atom. The fourth-order valence-corrected chi connectivity index (χ4v) is 6.43. The number of benzene rings is 1. The van der Waals surface area contributed by atoms with Gasteiger partial charge in [-0.05, 0) is 18.1 Å². The fourth-order valence-electron chi connectivity index (χ4n) is 2.80. The first-order valence-electron chi connectivity index (χ1n) is 7.76. The number of halogens is 4. The van der Waals surface area contributed by atoms with Crippen LogP contribution in [0.15, 0.2) is 28.0 Å². The van der Waals surface area contributed by atoms with Gasteiger partial charge in [0.15, 0.2) is 0 Å². The van der Waals surface area contributed by atoms with Gasteiger partial charge in [0.25, 0.3) is 9.05 Å². The van der Waals surface area contributed by atoms with Crippen LogP contribution in [-0.2, 0) is 30.2 Å². The Kier molecular flexibility index (Phi) is 6.15. The van der Waals surface area contributed by atoms with Crippen LogP contribution in [0.1, 0.15) is 12.5 Å². The molecule has 1 saturated heterocycles. The summed E-state index contributed by atoms with van der Waals surface area (Å²) >= 11 is 0. The predicted octanol–water partition coefficient (Wildman–Crippen LogP) is 2.20. The first-order valence-corrected chi connectivity index (χ1v) is 11.6. The smallest absolute Gasteiger partial charge is 0.332 e. The number of hydrogen-bond acceptors (Lipinski definition) is 5. The molecule has 1 aromatic rings. The van der Waals surface area contributed by atoms with Crippen LogP contribution >= 0.6 is 10.7 Å². The summed E-state index contributed by atoms with van der Waals surface area (Å²) in [4.78, 5) is 11.1. The lowest BCUT2D eigenvalue weighted by molar-refractivity contribution is -0.186. The van der Waals surface area contributed by atoms with E-state index in [4.69, 9.17) is 15.5 Å². The maximum atomic E-state index is 13.2. The molecule has 13 heteroatoms. The summed E-state index contributed by atoms with van der Waals surface area (Å²) in [5.41, 5.74) is 0.338. The Morgan fingerprint density at radius 3 is 2.19 bits per heavy atom. The molecule has 1 atom stereocenters. The van der Waals surface area contributed by atoms with Crippen molar-refractivity contribution in [3.05, 3.63) is 23.8 Å². The zero-order chi connectivity index (χ0) is 20.6. The van der Waals surface area contributed by atoms with Crippen molar-refractivity contribution in [2.24, 2.45) is 0 Å². The highest BCUT2D eigenvalue weighted by Gasteiger charge is 2.44. The number of rotatable bonds is 4. The van der Waals surface area contributed by atoms with E-state index in [1.54, 1.807) is 6.92 Å². The molecule has 0 radical (unpaired) electrons. The molecular formula is C14H17ClF3N3O4S2. The number of hydrogen-bond donors (Lipinski definition) is 1. The van der Waals surface area contributed by atoms with Crippen LogP contribution in [0.2, 0.25) is 0 Å². The minimum absolute atomic E-state index is 0.266. The molecule has 0 spiro atoms. The molecule has 0 bridgehead atoms. The van der Waals surface area contributed by atoms with Gasteiger partial charge in [-0.15, -0.1) is 0 Å². The summed E-state index contributed by atoms with van der Waals surface area (Å²) in [7, 11) is -2.73. The number of carbonyl (C=O) groups excluding carboxylic acids is 1. The fraction of sp³-hybridized carbons (Fsp3) is 0.500. The molecule has 1 aliphatic rings. The quantitative estimate of drug-likeness (QED) is 0.715. The number of piperazine rings is 1. The van der Waals surface area contributed by atoms with Crippen molar-refractivity contribution >= 4 is 35.6 Å². The molecule has 0 saturated carbocycles. The molecule has 27 heavy (non-hydrogen) atoms. The summed E-state index contributed by atoms with van der Waals surface area (Å²) in [5, 5.41) is 0. The van der Waals surface area contributed by atoms with Crippen LogP contribution in [0, 0.1) is 4.78 Å². The van der Waals surface area contributed by atoms with Crippen LogP contribution in [0.3, 0.4) is 0 Å². The molecule has 1 amide bonds. The van der Waals surface area contributed by atoms with E-state index >= 15 is 0 Å². The third-order valence-corrected chi connectivity index (χ3v) is 7.73. The first-order chi connectivity index (χ1) is 12.3. The third-order valence-electron chi connectivity index (χ3n) is 4.11. The van der Waals surface area contributed by atoms with Crippen LogP contribution in [0.25, 0.3) is 0 Å². The Morgan fingerprint density at radius 1 is 1.19 bits per heavy atom. The number of aryl methyl sites for hydroxylation is 1. The van der Waals surface area contributed by atoms with Gasteiger partial charge >= 0.3 is 12.1 Å². The van der Waals surface area contributed by atoms with E-state index in [2.05, 4.69) is 0 Å². The molecule has 1 heterocycles. The second kappa shape index (κ2) is 7.57. The zero-order valence-corrected chi connectivity index (χ0v) is 16.5. The number of carbonyl (C=O) groups is 1. The van der Waals surface area contributed by atoms with Gasteiger partial charge in [0.2, 0.25) is 0 Å². The summed E-state index contributed by atoms with van der Waals surface area (Å²) in [6.07, 6.45) is -4.74. The summed E-state index contributed by atoms with van der Waals surface area (Å²) < 4.78 is 83.9.